The zero-order valence-corrected chi connectivity index (χ0v) is 16.1. The highest BCUT2D eigenvalue weighted by Gasteiger charge is 2.10. The van der Waals surface area contributed by atoms with Crippen molar-refractivity contribution in [1.29, 1.82) is 0 Å². The lowest BCUT2D eigenvalue weighted by Gasteiger charge is -2.09. The van der Waals surface area contributed by atoms with Crippen LogP contribution in [0.15, 0.2) is 66.8 Å². The van der Waals surface area contributed by atoms with Crippen LogP contribution in [0.5, 0.6) is 0 Å². The second-order valence-corrected chi connectivity index (χ2v) is 7.22. The molecule has 142 valence electrons. The smallest absolute Gasteiger partial charge is 0.254 e. The SMILES string of the molecule is c1cncc(-c2cc(NCCc3nc(-c4ccncc4)cs3)n3ncnc3n2)c1. The third kappa shape index (κ3) is 3.67. The van der Waals surface area contributed by atoms with E-state index in [-0.39, 0.29) is 0 Å². The summed E-state index contributed by atoms with van der Waals surface area (Å²) < 4.78 is 1.70. The Morgan fingerprint density at radius 3 is 2.76 bits per heavy atom. The molecular weight excluding hydrogens is 384 g/mol. The number of hydrogen-bond donors (Lipinski definition) is 1. The Morgan fingerprint density at radius 2 is 1.90 bits per heavy atom. The third-order valence-corrected chi connectivity index (χ3v) is 5.29. The Hall–Kier alpha value is -3.72. The van der Waals surface area contributed by atoms with Crippen molar-refractivity contribution in [3.63, 3.8) is 0 Å². The summed E-state index contributed by atoms with van der Waals surface area (Å²) in [6, 6.07) is 9.76. The Balaban J connectivity index is 1.33. The fraction of sp³-hybridized carbons (Fsp3) is 0.100. The van der Waals surface area contributed by atoms with E-state index in [2.05, 4.69) is 35.7 Å². The molecule has 1 N–H and O–H groups in total. The van der Waals surface area contributed by atoms with Gasteiger partial charge in [0.05, 0.1) is 16.4 Å². The van der Waals surface area contributed by atoms with E-state index < -0.39 is 0 Å². The maximum Gasteiger partial charge on any atom is 0.254 e. The van der Waals surface area contributed by atoms with Crippen LogP contribution in [-0.2, 0) is 6.42 Å². The van der Waals surface area contributed by atoms with Gasteiger partial charge >= 0.3 is 0 Å². The molecule has 0 atom stereocenters. The first-order valence-electron chi connectivity index (χ1n) is 9.07. The van der Waals surface area contributed by atoms with Crippen LogP contribution in [0.1, 0.15) is 5.01 Å². The topological polar surface area (TPSA) is 93.8 Å². The molecule has 29 heavy (non-hydrogen) atoms. The second-order valence-electron chi connectivity index (χ2n) is 6.28. The highest BCUT2D eigenvalue weighted by molar-refractivity contribution is 7.09. The van der Waals surface area contributed by atoms with Crippen molar-refractivity contribution in [3.05, 3.63) is 71.8 Å². The quantitative estimate of drug-likeness (QED) is 0.467. The van der Waals surface area contributed by atoms with Crippen LogP contribution >= 0.6 is 11.3 Å². The first-order valence-corrected chi connectivity index (χ1v) is 9.95. The van der Waals surface area contributed by atoms with E-state index in [9.17, 15) is 0 Å². The number of fused-ring (bicyclic) bond motifs is 1. The van der Waals surface area contributed by atoms with Crippen LogP contribution in [-0.4, -0.2) is 41.1 Å². The number of pyridine rings is 2. The van der Waals surface area contributed by atoms with Crippen molar-refractivity contribution in [2.75, 3.05) is 11.9 Å². The first-order chi connectivity index (χ1) is 14.4. The molecule has 0 saturated heterocycles. The zero-order valence-electron chi connectivity index (χ0n) is 15.3. The lowest BCUT2D eigenvalue weighted by atomic mass is 10.2. The molecule has 9 heteroatoms. The van der Waals surface area contributed by atoms with Crippen LogP contribution in [0.2, 0.25) is 0 Å². The molecule has 0 spiro atoms. The summed E-state index contributed by atoms with van der Waals surface area (Å²) >= 11 is 1.66. The minimum Gasteiger partial charge on any atom is -0.369 e. The van der Waals surface area contributed by atoms with Gasteiger partial charge in [0.1, 0.15) is 12.1 Å². The van der Waals surface area contributed by atoms with Crippen molar-refractivity contribution in [3.8, 4) is 22.5 Å². The van der Waals surface area contributed by atoms with Gasteiger partial charge in [-0.3, -0.25) is 9.97 Å². The summed E-state index contributed by atoms with van der Waals surface area (Å²) in [5.74, 6) is 1.38. The van der Waals surface area contributed by atoms with Gasteiger partial charge in [0, 0.05) is 60.3 Å². The zero-order chi connectivity index (χ0) is 19.5. The first kappa shape index (κ1) is 17.4. The molecule has 5 aromatic rings. The number of nitrogens with one attached hydrogen (secondary N) is 1. The van der Waals surface area contributed by atoms with Crippen LogP contribution in [0.4, 0.5) is 5.82 Å². The fourth-order valence-corrected chi connectivity index (χ4v) is 3.79. The van der Waals surface area contributed by atoms with Crippen molar-refractivity contribution in [1.82, 2.24) is 34.5 Å². The lowest BCUT2D eigenvalue weighted by Crippen LogP contribution is -2.10. The van der Waals surface area contributed by atoms with E-state index in [1.165, 1.54) is 6.33 Å². The minimum atomic E-state index is 0.545. The van der Waals surface area contributed by atoms with Crippen molar-refractivity contribution >= 4 is 22.9 Å². The molecule has 0 radical (unpaired) electrons. The molecule has 0 unspecified atom stereocenters. The monoisotopic (exact) mass is 400 g/mol. The van der Waals surface area contributed by atoms with Gasteiger partial charge in [0.25, 0.3) is 5.78 Å². The van der Waals surface area contributed by atoms with Gasteiger partial charge in [-0.05, 0) is 24.3 Å². The van der Waals surface area contributed by atoms with Crippen molar-refractivity contribution < 1.29 is 0 Å². The summed E-state index contributed by atoms with van der Waals surface area (Å²) in [6.07, 6.45) is 9.39. The van der Waals surface area contributed by atoms with E-state index in [0.717, 1.165) is 46.3 Å². The summed E-state index contributed by atoms with van der Waals surface area (Å²) in [7, 11) is 0. The normalized spacial score (nSPS) is 11.0. The van der Waals surface area contributed by atoms with Gasteiger partial charge in [-0.15, -0.1) is 11.3 Å². The molecule has 0 saturated carbocycles. The van der Waals surface area contributed by atoms with Gasteiger partial charge in [-0.25, -0.2) is 9.97 Å². The molecule has 5 aromatic heterocycles. The van der Waals surface area contributed by atoms with Gasteiger partial charge in [-0.2, -0.15) is 14.6 Å². The molecule has 0 aliphatic heterocycles. The predicted molar refractivity (Wildman–Crippen MR) is 112 cm³/mol. The molecule has 8 nitrogen and oxygen atoms in total. The summed E-state index contributed by atoms with van der Waals surface area (Å²) in [6.45, 7) is 0.717. The summed E-state index contributed by atoms with van der Waals surface area (Å²) in [4.78, 5) is 21.7. The maximum atomic E-state index is 4.72. The Morgan fingerprint density at radius 1 is 0.966 bits per heavy atom. The number of thiazole rings is 1. The Bertz CT molecular complexity index is 1230. The molecule has 0 aliphatic carbocycles. The van der Waals surface area contributed by atoms with Crippen LogP contribution in [0.3, 0.4) is 0 Å². The summed E-state index contributed by atoms with van der Waals surface area (Å²) in [5.41, 5.74) is 3.79. The number of anilines is 1. The highest BCUT2D eigenvalue weighted by atomic mass is 32.1. The molecule has 0 amide bonds. The Labute approximate surface area is 170 Å². The molecule has 0 aliphatic rings. The Kier molecular flexibility index (Phi) is 4.63. The van der Waals surface area contributed by atoms with E-state index in [1.807, 2.05) is 30.3 Å². The van der Waals surface area contributed by atoms with Crippen LogP contribution < -0.4 is 5.32 Å². The molecule has 0 bridgehead atoms. The molecule has 5 rings (SSSR count). The predicted octanol–water partition coefficient (Wildman–Crippen LogP) is 3.36. The highest BCUT2D eigenvalue weighted by Crippen LogP contribution is 2.23. The van der Waals surface area contributed by atoms with E-state index in [0.29, 0.717) is 5.78 Å². The minimum absolute atomic E-state index is 0.545. The largest absolute Gasteiger partial charge is 0.369 e. The average molecular weight is 400 g/mol. The van der Waals surface area contributed by atoms with E-state index in [1.54, 1.807) is 40.6 Å². The number of rotatable bonds is 6. The standard InChI is InChI=1S/C20H16N8S/c1-2-15(11-22-6-1)16-10-18(28-20(27-16)24-13-25-28)23-9-5-19-26-17(12-29-19)14-3-7-21-8-4-14/h1-4,6-8,10-13,23H,5,9H2. The third-order valence-electron chi connectivity index (χ3n) is 4.38. The number of hydrogen-bond acceptors (Lipinski definition) is 8. The number of aromatic nitrogens is 7. The maximum absolute atomic E-state index is 4.72. The van der Waals surface area contributed by atoms with Gasteiger partial charge in [-0.1, -0.05) is 0 Å². The molecular formula is C20H16N8S. The lowest BCUT2D eigenvalue weighted by molar-refractivity contribution is 0.911. The van der Waals surface area contributed by atoms with Crippen LogP contribution in [0.25, 0.3) is 28.3 Å². The fourth-order valence-electron chi connectivity index (χ4n) is 2.98. The molecule has 0 aromatic carbocycles. The molecule has 5 heterocycles. The van der Waals surface area contributed by atoms with E-state index >= 15 is 0 Å². The van der Waals surface area contributed by atoms with Gasteiger partial charge < -0.3 is 5.32 Å². The average Bonchev–Trinajstić information content (AvgIpc) is 3.44. The van der Waals surface area contributed by atoms with Gasteiger partial charge in [0.2, 0.25) is 0 Å². The molecule has 0 fully saturated rings. The van der Waals surface area contributed by atoms with E-state index in [4.69, 9.17) is 4.98 Å². The summed E-state index contributed by atoms with van der Waals surface area (Å²) in [5, 5.41) is 10.9. The van der Waals surface area contributed by atoms with Crippen LogP contribution in [0, 0.1) is 0 Å². The second kappa shape index (κ2) is 7.72. The number of nitrogens with zero attached hydrogens (tertiary/aromatic N) is 7. The van der Waals surface area contributed by atoms with Gasteiger partial charge in [0.15, 0.2) is 0 Å². The van der Waals surface area contributed by atoms with Crippen molar-refractivity contribution in [2.45, 2.75) is 6.42 Å². The van der Waals surface area contributed by atoms with Crippen molar-refractivity contribution in [2.24, 2.45) is 0 Å².